The predicted molar refractivity (Wildman–Crippen MR) is 131 cm³/mol. The summed E-state index contributed by atoms with van der Waals surface area (Å²) in [5.41, 5.74) is 3.45. The first-order valence-corrected chi connectivity index (χ1v) is 11.0. The van der Waals surface area contributed by atoms with Crippen molar-refractivity contribution in [2.75, 3.05) is 0 Å². The van der Waals surface area contributed by atoms with Crippen LogP contribution in [0.4, 0.5) is 0 Å². The Kier molecular flexibility index (Phi) is 7.29. The van der Waals surface area contributed by atoms with E-state index in [2.05, 4.69) is 10.6 Å². The smallest absolute Gasteiger partial charge is 0.251 e. The maximum Gasteiger partial charge on any atom is 0.251 e. The molecule has 0 fully saturated rings. The van der Waals surface area contributed by atoms with E-state index in [4.69, 9.17) is 0 Å². The van der Waals surface area contributed by atoms with Gasteiger partial charge in [-0.25, -0.2) is 0 Å². The van der Waals surface area contributed by atoms with Crippen molar-refractivity contribution < 1.29 is 9.59 Å². The number of carbonyl (C=O) groups excluding carboxylic acids is 2. The van der Waals surface area contributed by atoms with E-state index in [0.29, 0.717) is 12.0 Å². The van der Waals surface area contributed by atoms with E-state index in [9.17, 15) is 9.59 Å². The summed E-state index contributed by atoms with van der Waals surface area (Å²) < 4.78 is 0. The third-order valence-corrected chi connectivity index (χ3v) is 5.49. The van der Waals surface area contributed by atoms with Crippen LogP contribution in [0.25, 0.3) is 0 Å². The van der Waals surface area contributed by atoms with Crippen molar-refractivity contribution in [2.24, 2.45) is 0 Å². The van der Waals surface area contributed by atoms with Crippen molar-refractivity contribution in [2.45, 2.75) is 18.5 Å². The second kappa shape index (κ2) is 10.9. The van der Waals surface area contributed by atoms with Crippen LogP contribution in [0.1, 0.15) is 33.1 Å². The molecule has 0 heterocycles. The molecule has 4 heteroatoms. The minimum Gasteiger partial charge on any atom is -0.343 e. The van der Waals surface area contributed by atoms with Crippen LogP contribution in [0.15, 0.2) is 121 Å². The second-order valence-electron chi connectivity index (χ2n) is 7.84. The van der Waals surface area contributed by atoms with E-state index in [0.717, 1.165) is 16.7 Å². The fourth-order valence-corrected chi connectivity index (χ4v) is 3.78. The highest BCUT2D eigenvalue weighted by molar-refractivity contribution is 5.97. The average molecular weight is 435 g/mol. The lowest BCUT2D eigenvalue weighted by atomic mass is 9.97. The molecule has 0 aromatic heterocycles. The maximum absolute atomic E-state index is 13.5. The zero-order valence-corrected chi connectivity index (χ0v) is 18.2. The van der Waals surface area contributed by atoms with Gasteiger partial charge in [0.25, 0.3) is 5.91 Å². The molecule has 2 N–H and O–H groups in total. The van der Waals surface area contributed by atoms with Gasteiger partial charge in [-0.1, -0.05) is 109 Å². The Morgan fingerprint density at radius 2 is 1.03 bits per heavy atom. The van der Waals surface area contributed by atoms with Crippen LogP contribution < -0.4 is 10.6 Å². The zero-order chi connectivity index (χ0) is 22.9. The Balaban J connectivity index is 1.60. The highest BCUT2D eigenvalue weighted by atomic mass is 16.2. The molecule has 0 saturated heterocycles. The number of carbonyl (C=O) groups is 2. The van der Waals surface area contributed by atoms with Gasteiger partial charge in [0.05, 0.1) is 6.04 Å². The Labute approximate surface area is 194 Å². The predicted octanol–water partition coefficient (Wildman–Crippen LogP) is 4.93. The lowest BCUT2D eigenvalue weighted by molar-refractivity contribution is -0.123. The molecule has 0 unspecified atom stereocenters. The second-order valence-corrected chi connectivity index (χ2v) is 7.84. The summed E-state index contributed by atoms with van der Waals surface area (Å²) in [6, 6.07) is 37.3. The number of hydrogen-bond donors (Lipinski definition) is 2. The number of benzene rings is 4. The van der Waals surface area contributed by atoms with Crippen LogP contribution in [0.5, 0.6) is 0 Å². The molecule has 0 spiro atoms. The number of amides is 2. The zero-order valence-electron chi connectivity index (χ0n) is 18.2. The molecule has 0 aliphatic rings. The minimum absolute atomic E-state index is 0.235. The minimum atomic E-state index is -0.727. The third kappa shape index (κ3) is 5.95. The van der Waals surface area contributed by atoms with Crippen LogP contribution in [0.2, 0.25) is 0 Å². The first kappa shape index (κ1) is 22.0. The van der Waals surface area contributed by atoms with Crippen LogP contribution >= 0.6 is 0 Å². The van der Waals surface area contributed by atoms with Crippen molar-refractivity contribution >= 4 is 11.8 Å². The normalized spacial score (nSPS) is 11.5. The SMILES string of the molecule is O=C(N[C@H](Cc1ccccc1)C(=O)NC(c1ccccc1)c1ccccc1)c1ccccc1. The van der Waals surface area contributed by atoms with Crippen LogP contribution in [-0.4, -0.2) is 17.9 Å². The largest absolute Gasteiger partial charge is 0.343 e. The molecule has 33 heavy (non-hydrogen) atoms. The molecule has 1 atom stereocenters. The Morgan fingerprint density at radius 1 is 0.576 bits per heavy atom. The van der Waals surface area contributed by atoms with Gasteiger partial charge in [-0.05, 0) is 28.8 Å². The highest BCUT2D eigenvalue weighted by Gasteiger charge is 2.25. The number of rotatable bonds is 8. The molecule has 4 rings (SSSR count). The van der Waals surface area contributed by atoms with Crippen molar-refractivity contribution in [3.63, 3.8) is 0 Å². The molecule has 2 amide bonds. The van der Waals surface area contributed by atoms with Gasteiger partial charge >= 0.3 is 0 Å². The molecular formula is C29H26N2O2. The summed E-state index contributed by atoms with van der Waals surface area (Å²) in [7, 11) is 0. The average Bonchev–Trinajstić information content (AvgIpc) is 2.89. The molecule has 0 aliphatic carbocycles. The van der Waals surface area contributed by atoms with Gasteiger partial charge in [-0.2, -0.15) is 0 Å². The van der Waals surface area contributed by atoms with Gasteiger partial charge in [-0.15, -0.1) is 0 Å². The molecule has 0 aliphatic heterocycles. The maximum atomic E-state index is 13.5. The highest BCUT2D eigenvalue weighted by Crippen LogP contribution is 2.22. The Hall–Kier alpha value is -4.18. The van der Waals surface area contributed by atoms with Gasteiger partial charge in [0, 0.05) is 12.0 Å². The summed E-state index contributed by atoms with van der Waals surface area (Å²) in [6.07, 6.45) is 0.390. The third-order valence-electron chi connectivity index (χ3n) is 5.49. The summed E-state index contributed by atoms with van der Waals surface area (Å²) in [6.45, 7) is 0. The number of nitrogens with one attached hydrogen (secondary N) is 2. The van der Waals surface area contributed by atoms with Crippen LogP contribution in [0, 0.1) is 0 Å². The van der Waals surface area contributed by atoms with Gasteiger partial charge in [0.15, 0.2) is 0 Å². The fraction of sp³-hybridized carbons (Fsp3) is 0.103. The molecular weight excluding hydrogens is 408 g/mol. The van der Waals surface area contributed by atoms with E-state index >= 15 is 0 Å². The lowest BCUT2D eigenvalue weighted by Gasteiger charge is -2.24. The summed E-state index contributed by atoms with van der Waals surface area (Å²) in [5.74, 6) is -0.511. The standard InChI is InChI=1S/C29H26N2O2/c32-28(25-19-11-4-12-20-25)30-26(21-22-13-5-1-6-14-22)29(33)31-27(23-15-7-2-8-16-23)24-17-9-3-10-18-24/h1-20,26-27H,21H2,(H,30,32)(H,31,33)/t26-/m1/s1. The molecule has 4 aromatic rings. The van der Waals surface area contributed by atoms with Crippen molar-refractivity contribution in [1.82, 2.24) is 10.6 Å². The molecule has 4 nitrogen and oxygen atoms in total. The monoisotopic (exact) mass is 434 g/mol. The summed E-state index contributed by atoms with van der Waals surface area (Å²) in [4.78, 5) is 26.4. The quantitative estimate of drug-likeness (QED) is 0.413. The molecule has 164 valence electrons. The van der Waals surface area contributed by atoms with E-state index in [-0.39, 0.29) is 17.9 Å². The van der Waals surface area contributed by atoms with Crippen molar-refractivity contribution in [3.8, 4) is 0 Å². The first-order valence-electron chi connectivity index (χ1n) is 11.0. The molecule has 0 radical (unpaired) electrons. The molecule has 0 bridgehead atoms. The Morgan fingerprint density at radius 3 is 1.55 bits per heavy atom. The van der Waals surface area contributed by atoms with Crippen molar-refractivity contribution in [3.05, 3.63) is 144 Å². The van der Waals surface area contributed by atoms with Gasteiger partial charge < -0.3 is 10.6 Å². The van der Waals surface area contributed by atoms with Crippen LogP contribution in [0.3, 0.4) is 0 Å². The van der Waals surface area contributed by atoms with E-state index in [1.54, 1.807) is 12.1 Å². The van der Waals surface area contributed by atoms with Gasteiger partial charge in [-0.3, -0.25) is 9.59 Å². The Bertz CT molecular complexity index is 1120. The van der Waals surface area contributed by atoms with E-state index in [1.807, 2.05) is 109 Å². The van der Waals surface area contributed by atoms with Crippen LogP contribution in [-0.2, 0) is 11.2 Å². The topological polar surface area (TPSA) is 58.2 Å². The first-order chi connectivity index (χ1) is 16.2. The lowest BCUT2D eigenvalue weighted by Crippen LogP contribution is -2.49. The fourth-order valence-electron chi connectivity index (χ4n) is 3.78. The number of hydrogen-bond acceptors (Lipinski definition) is 2. The van der Waals surface area contributed by atoms with Gasteiger partial charge in [0.2, 0.25) is 5.91 Å². The van der Waals surface area contributed by atoms with Gasteiger partial charge in [0.1, 0.15) is 6.04 Å². The summed E-state index contributed by atoms with van der Waals surface area (Å²) in [5, 5.41) is 6.11. The van der Waals surface area contributed by atoms with E-state index in [1.165, 1.54) is 0 Å². The summed E-state index contributed by atoms with van der Waals surface area (Å²) >= 11 is 0. The van der Waals surface area contributed by atoms with Crippen molar-refractivity contribution in [1.29, 1.82) is 0 Å². The van der Waals surface area contributed by atoms with E-state index < -0.39 is 6.04 Å². The molecule has 4 aromatic carbocycles. The molecule has 0 saturated carbocycles.